The average Bonchev–Trinajstić information content (AvgIpc) is 3.44. The number of nitrogens with two attached hydrogens (primary N) is 1. The van der Waals surface area contributed by atoms with Crippen LogP contribution in [-0.2, 0) is 4.74 Å². The predicted molar refractivity (Wildman–Crippen MR) is 134 cm³/mol. The molecule has 2 aliphatic rings. The van der Waals surface area contributed by atoms with E-state index in [0.717, 1.165) is 12.0 Å². The van der Waals surface area contributed by atoms with Crippen LogP contribution in [0.15, 0.2) is 54.7 Å². The van der Waals surface area contributed by atoms with Gasteiger partial charge in [0.1, 0.15) is 18.2 Å². The number of nitrogens with zero attached hydrogens (tertiary/aromatic N) is 2. The molecule has 5 N–H and O–H groups in total. The first-order valence-electron chi connectivity index (χ1n) is 11.5. The number of hydrogen-bond donors (Lipinski definition) is 4. The second-order valence-corrected chi connectivity index (χ2v) is 9.45. The number of rotatable bonds is 6. The lowest BCUT2D eigenvalue weighted by Crippen LogP contribution is -2.31. The smallest absolute Gasteiger partial charge is 0.284 e. The quantitative estimate of drug-likeness (QED) is 0.401. The Morgan fingerprint density at radius 2 is 2.17 bits per heavy atom. The second-order valence-electron chi connectivity index (χ2n) is 9.01. The summed E-state index contributed by atoms with van der Waals surface area (Å²) in [7, 11) is 0. The van der Waals surface area contributed by atoms with E-state index in [-0.39, 0.29) is 36.0 Å². The van der Waals surface area contributed by atoms with Gasteiger partial charge in [0.15, 0.2) is 0 Å². The van der Waals surface area contributed by atoms with Crippen molar-refractivity contribution in [1.29, 1.82) is 5.41 Å². The Morgan fingerprint density at radius 3 is 2.89 bits per heavy atom. The molecule has 0 radical (unpaired) electrons. The molecule has 3 atom stereocenters. The number of carbonyl (C=O) groups is 1. The molecule has 0 saturated carbocycles. The summed E-state index contributed by atoms with van der Waals surface area (Å²) in [4.78, 5) is 19.1. The molecule has 2 aliphatic heterocycles. The van der Waals surface area contributed by atoms with Crippen molar-refractivity contribution in [2.45, 2.75) is 24.4 Å². The van der Waals surface area contributed by atoms with Gasteiger partial charge in [0, 0.05) is 29.2 Å². The molecule has 0 spiro atoms. The highest BCUT2D eigenvalue weighted by Gasteiger charge is 2.40. The van der Waals surface area contributed by atoms with Gasteiger partial charge in [-0.15, -0.1) is 0 Å². The monoisotopic (exact) mass is 509 g/mol. The highest BCUT2D eigenvalue weighted by Crippen LogP contribution is 2.37. The zero-order chi connectivity index (χ0) is 25.4. The van der Waals surface area contributed by atoms with Gasteiger partial charge in [-0.05, 0) is 53.4 Å². The van der Waals surface area contributed by atoms with Crippen LogP contribution in [0.4, 0.5) is 10.2 Å². The molecule has 0 bridgehead atoms. The van der Waals surface area contributed by atoms with Crippen molar-refractivity contribution in [2.24, 2.45) is 0 Å². The van der Waals surface area contributed by atoms with Crippen molar-refractivity contribution in [2.75, 3.05) is 25.5 Å². The van der Waals surface area contributed by atoms with Gasteiger partial charge in [-0.25, -0.2) is 9.37 Å². The summed E-state index contributed by atoms with van der Waals surface area (Å²) in [6.45, 7) is 0.792. The minimum absolute atomic E-state index is 0.155. The largest absolute Gasteiger partial charge is 0.463 e. The van der Waals surface area contributed by atoms with Crippen molar-refractivity contribution in [3.63, 3.8) is 0 Å². The Kier molecular flexibility index (Phi) is 6.51. The van der Waals surface area contributed by atoms with E-state index >= 15 is 4.39 Å². The minimum Gasteiger partial charge on any atom is -0.463 e. The maximum Gasteiger partial charge on any atom is 0.284 e. The fraction of sp³-hybridized carbons (Fsp3) is 0.269. The standard InChI is InChI=1S/C26H25ClFN5O3/c27-18-3-1-2-15(6-18)23(12-34)32-25(35)20-5-4-14(9-22(20)28)21-8-16(10-31-24(21)29)17-7-19-13-36-26(30)33(19)11-17/h1-6,8-10,17,19,23,30,34H,7,11-13H2,(H2,29,31)(H,32,35). The maximum atomic E-state index is 15.1. The number of aliphatic hydroxyl groups is 1. The van der Waals surface area contributed by atoms with Crippen LogP contribution in [0.5, 0.6) is 0 Å². The molecule has 2 saturated heterocycles. The molecule has 8 nitrogen and oxygen atoms in total. The maximum absolute atomic E-state index is 15.1. The number of hydrogen-bond acceptors (Lipinski definition) is 6. The summed E-state index contributed by atoms with van der Waals surface area (Å²) in [5.74, 6) is -0.965. The van der Waals surface area contributed by atoms with Crippen LogP contribution in [0.2, 0.25) is 5.02 Å². The topological polar surface area (TPSA) is 125 Å². The summed E-state index contributed by atoms with van der Waals surface area (Å²) in [6.07, 6.45) is 2.55. The van der Waals surface area contributed by atoms with Crippen LogP contribution < -0.4 is 11.1 Å². The van der Waals surface area contributed by atoms with Crippen LogP contribution >= 0.6 is 11.6 Å². The molecule has 3 aromatic rings. The molecule has 186 valence electrons. The van der Waals surface area contributed by atoms with E-state index in [9.17, 15) is 9.90 Å². The van der Waals surface area contributed by atoms with Crippen molar-refractivity contribution >= 4 is 29.3 Å². The normalized spacial score (nSPS) is 19.6. The first-order chi connectivity index (χ1) is 17.3. The number of carbonyl (C=O) groups excluding carboxylic acids is 1. The Balaban J connectivity index is 1.36. The number of nitrogens with one attached hydrogen (secondary N) is 2. The van der Waals surface area contributed by atoms with Gasteiger partial charge in [-0.1, -0.05) is 29.8 Å². The molecule has 2 fully saturated rings. The molecule has 1 aromatic heterocycles. The zero-order valence-electron chi connectivity index (χ0n) is 19.2. The molecule has 3 heterocycles. The number of halogens is 2. The number of aromatic nitrogens is 1. The fourth-order valence-corrected chi connectivity index (χ4v) is 5.03. The van der Waals surface area contributed by atoms with Gasteiger partial charge in [-0.3, -0.25) is 10.2 Å². The number of amides is 1. The van der Waals surface area contributed by atoms with E-state index in [4.69, 9.17) is 27.5 Å². The Labute approximate surface area is 212 Å². The van der Waals surface area contributed by atoms with Crippen LogP contribution in [-0.4, -0.2) is 52.7 Å². The van der Waals surface area contributed by atoms with Crippen LogP contribution in [0.3, 0.4) is 0 Å². The molecule has 3 unspecified atom stereocenters. The lowest BCUT2D eigenvalue weighted by Gasteiger charge is -2.18. The van der Waals surface area contributed by atoms with Crippen molar-refractivity contribution < 1.29 is 19.0 Å². The number of fused-ring (bicyclic) bond motifs is 1. The van der Waals surface area contributed by atoms with Crippen LogP contribution in [0.25, 0.3) is 11.1 Å². The number of anilines is 1. The first kappa shape index (κ1) is 24.0. The molecule has 5 rings (SSSR count). The highest BCUT2D eigenvalue weighted by molar-refractivity contribution is 6.30. The Hall–Kier alpha value is -3.69. The molecule has 36 heavy (non-hydrogen) atoms. The van der Waals surface area contributed by atoms with Gasteiger partial charge in [0.05, 0.1) is 24.3 Å². The number of pyridine rings is 1. The third-order valence-electron chi connectivity index (χ3n) is 6.76. The van der Waals surface area contributed by atoms with Gasteiger partial charge >= 0.3 is 0 Å². The number of amidine groups is 1. The third kappa shape index (κ3) is 4.59. The molecular weight excluding hydrogens is 485 g/mol. The fourth-order valence-electron chi connectivity index (χ4n) is 4.83. The number of nitrogen functional groups attached to an aromatic ring is 1. The van der Waals surface area contributed by atoms with Gasteiger partial charge in [0.2, 0.25) is 0 Å². The van der Waals surface area contributed by atoms with Crippen molar-refractivity contribution in [3.05, 3.63) is 82.3 Å². The summed E-state index contributed by atoms with van der Waals surface area (Å²) in [5.41, 5.74) is 8.61. The van der Waals surface area contributed by atoms with Gasteiger partial charge in [0.25, 0.3) is 11.9 Å². The number of aliphatic hydroxyl groups excluding tert-OH is 1. The molecule has 0 aliphatic carbocycles. The molecular formula is C26H25ClFN5O3. The lowest BCUT2D eigenvalue weighted by atomic mass is 9.94. The Bertz CT molecular complexity index is 1340. The van der Waals surface area contributed by atoms with Crippen LogP contribution in [0, 0.1) is 11.2 Å². The van der Waals surface area contributed by atoms with Crippen molar-refractivity contribution in [1.82, 2.24) is 15.2 Å². The predicted octanol–water partition coefficient (Wildman–Crippen LogP) is 3.71. The van der Waals surface area contributed by atoms with E-state index < -0.39 is 17.8 Å². The van der Waals surface area contributed by atoms with Crippen LogP contribution in [0.1, 0.15) is 39.9 Å². The van der Waals surface area contributed by atoms with E-state index in [2.05, 4.69) is 10.3 Å². The lowest BCUT2D eigenvalue weighted by molar-refractivity contribution is 0.0912. The van der Waals surface area contributed by atoms with Crippen molar-refractivity contribution in [3.8, 4) is 11.1 Å². The molecule has 10 heteroatoms. The molecule has 2 aromatic carbocycles. The van der Waals surface area contributed by atoms with Gasteiger partial charge in [-0.2, -0.15) is 0 Å². The SMILES string of the molecule is N=C1OCC2CC(c3cnc(N)c(-c4ccc(C(=O)NC(CO)c5cccc(Cl)c5)c(F)c4)c3)CN12. The highest BCUT2D eigenvalue weighted by atomic mass is 35.5. The number of benzene rings is 2. The zero-order valence-corrected chi connectivity index (χ0v) is 20.0. The molecule has 1 amide bonds. The first-order valence-corrected chi connectivity index (χ1v) is 11.9. The second kappa shape index (κ2) is 9.75. The van der Waals surface area contributed by atoms with E-state index in [1.165, 1.54) is 12.1 Å². The third-order valence-corrected chi connectivity index (χ3v) is 7.00. The minimum atomic E-state index is -0.736. The average molecular weight is 510 g/mol. The van der Waals surface area contributed by atoms with E-state index in [0.29, 0.717) is 34.9 Å². The Morgan fingerprint density at radius 1 is 1.33 bits per heavy atom. The van der Waals surface area contributed by atoms with Gasteiger partial charge < -0.3 is 25.8 Å². The summed E-state index contributed by atoms with van der Waals surface area (Å²) >= 11 is 6.01. The summed E-state index contributed by atoms with van der Waals surface area (Å²) in [5, 5.41) is 20.8. The van der Waals surface area contributed by atoms with E-state index in [1.54, 1.807) is 36.5 Å². The van der Waals surface area contributed by atoms with E-state index in [1.807, 2.05) is 11.0 Å². The summed E-state index contributed by atoms with van der Waals surface area (Å²) in [6, 6.07) is 12.6. The summed E-state index contributed by atoms with van der Waals surface area (Å²) < 4.78 is 20.4. The number of ether oxygens (including phenoxy) is 1.